The zero-order valence-electron chi connectivity index (χ0n) is 17.3. The third-order valence-electron chi connectivity index (χ3n) is 5.31. The van der Waals surface area contributed by atoms with Crippen LogP contribution in [0, 0.1) is 0 Å². The van der Waals surface area contributed by atoms with Crippen molar-refractivity contribution in [3.63, 3.8) is 0 Å². The van der Waals surface area contributed by atoms with E-state index < -0.39 is 15.7 Å². The molecule has 2 N–H and O–H groups in total. The third kappa shape index (κ3) is 4.87. The van der Waals surface area contributed by atoms with Crippen molar-refractivity contribution < 1.29 is 18.0 Å². The number of fused-ring (bicyclic) bond motifs is 1. The lowest BCUT2D eigenvalue weighted by Crippen LogP contribution is -2.15. The van der Waals surface area contributed by atoms with Gasteiger partial charge in [0.05, 0.1) is 21.2 Å². The SMILES string of the molecule is CS(=O)(=O)c1cccc(C(=O)Nc2ccc(NC(=O)c3csc4c3CCCC4)cc2Cl)c1. The van der Waals surface area contributed by atoms with E-state index in [1.807, 2.05) is 5.38 Å². The molecule has 1 aromatic heterocycles. The summed E-state index contributed by atoms with van der Waals surface area (Å²) in [6.07, 6.45) is 5.29. The highest BCUT2D eigenvalue weighted by atomic mass is 35.5. The summed E-state index contributed by atoms with van der Waals surface area (Å²) in [6.45, 7) is 0. The highest BCUT2D eigenvalue weighted by Gasteiger charge is 2.20. The topological polar surface area (TPSA) is 92.3 Å². The van der Waals surface area contributed by atoms with Gasteiger partial charge in [0, 0.05) is 27.8 Å². The fourth-order valence-electron chi connectivity index (χ4n) is 3.64. The summed E-state index contributed by atoms with van der Waals surface area (Å²) in [6, 6.07) is 10.6. The van der Waals surface area contributed by atoms with E-state index in [0.717, 1.165) is 37.5 Å². The van der Waals surface area contributed by atoms with Crippen LogP contribution in [-0.4, -0.2) is 26.5 Å². The van der Waals surface area contributed by atoms with E-state index in [1.54, 1.807) is 29.5 Å². The number of hydrogen-bond donors (Lipinski definition) is 2. The summed E-state index contributed by atoms with van der Waals surface area (Å²) in [4.78, 5) is 26.7. The van der Waals surface area contributed by atoms with E-state index in [2.05, 4.69) is 10.6 Å². The van der Waals surface area contributed by atoms with Crippen LogP contribution in [0.1, 0.15) is 44.0 Å². The number of halogens is 1. The number of anilines is 2. The molecule has 2 aromatic carbocycles. The standard InChI is InChI=1S/C23H21ClN2O4S2/c1-32(29,30)16-6-4-5-14(11-16)22(27)26-20-10-9-15(12-19(20)24)25-23(28)18-13-31-21-8-3-2-7-17(18)21/h4-6,9-13H,2-3,7-8H2,1H3,(H,25,28)(H,26,27). The Morgan fingerprint density at radius 3 is 2.53 bits per heavy atom. The molecule has 9 heteroatoms. The van der Waals surface area contributed by atoms with Crippen LogP contribution in [0.15, 0.2) is 52.7 Å². The molecule has 0 saturated heterocycles. The molecule has 0 fully saturated rings. The molecule has 1 aliphatic rings. The van der Waals surface area contributed by atoms with Gasteiger partial charge in [0.1, 0.15) is 0 Å². The summed E-state index contributed by atoms with van der Waals surface area (Å²) in [5.41, 5.74) is 2.93. The van der Waals surface area contributed by atoms with E-state index in [-0.39, 0.29) is 21.4 Å². The van der Waals surface area contributed by atoms with Crippen LogP contribution in [0.5, 0.6) is 0 Å². The number of hydrogen-bond acceptors (Lipinski definition) is 5. The van der Waals surface area contributed by atoms with Crippen molar-refractivity contribution >= 4 is 56.0 Å². The van der Waals surface area contributed by atoms with E-state index in [0.29, 0.717) is 16.9 Å². The number of thiophene rings is 1. The van der Waals surface area contributed by atoms with Gasteiger partial charge < -0.3 is 10.6 Å². The predicted molar refractivity (Wildman–Crippen MR) is 128 cm³/mol. The van der Waals surface area contributed by atoms with Crippen molar-refractivity contribution in [3.8, 4) is 0 Å². The highest BCUT2D eigenvalue weighted by molar-refractivity contribution is 7.90. The van der Waals surface area contributed by atoms with Gasteiger partial charge in [-0.05, 0) is 67.6 Å². The first-order valence-corrected chi connectivity index (χ1v) is 13.2. The van der Waals surface area contributed by atoms with Gasteiger partial charge >= 0.3 is 0 Å². The van der Waals surface area contributed by atoms with E-state index in [1.165, 1.54) is 29.1 Å². The van der Waals surface area contributed by atoms with Crippen LogP contribution in [0.3, 0.4) is 0 Å². The molecule has 166 valence electrons. The van der Waals surface area contributed by atoms with Gasteiger partial charge in [-0.15, -0.1) is 11.3 Å². The Kier molecular flexibility index (Phi) is 6.37. The van der Waals surface area contributed by atoms with E-state index >= 15 is 0 Å². The molecule has 0 atom stereocenters. The number of nitrogens with one attached hydrogen (secondary N) is 2. The molecule has 0 radical (unpaired) electrons. The summed E-state index contributed by atoms with van der Waals surface area (Å²) in [5.74, 6) is -0.658. The second-order valence-corrected chi connectivity index (χ2v) is 11.0. The van der Waals surface area contributed by atoms with Gasteiger partial charge in [-0.2, -0.15) is 0 Å². The van der Waals surface area contributed by atoms with Gasteiger partial charge in [0.15, 0.2) is 9.84 Å². The molecule has 0 unspecified atom stereocenters. The third-order valence-corrected chi connectivity index (χ3v) is 7.82. The molecule has 0 saturated carbocycles. The molecule has 0 bridgehead atoms. The van der Waals surface area contributed by atoms with Crippen molar-refractivity contribution in [1.29, 1.82) is 0 Å². The Morgan fingerprint density at radius 2 is 1.78 bits per heavy atom. The second-order valence-electron chi connectivity index (χ2n) is 7.66. The van der Waals surface area contributed by atoms with Crippen molar-refractivity contribution in [2.45, 2.75) is 30.6 Å². The maximum Gasteiger partial charge on any atom is 0.256 e. The first-order valence-electron chi connectivity index (χ1n) is 10.0. The lowest BCUT2D eigenvalue weighted by Gasteiger charge is -2.13. The zero-order chi connectivity index (χ0) is 22.9. The van der Waals surface area contributed by atoms with Crippen molar-refractivity contribution in [2.75, 3.05) is 16.9 Å². The van der Waals surface area contributed by atoms with E-state index in [4.69, 9.17) is 11.6 Å². The van der Waals surface area contributed by atoms with Gasteiger partial charge in [-0.25, -0.2) is 8.42 Å². The lowest BCUT2D eigenvalue weighted by molar-refractivity contribution is 0.101. The highest BCUT2D eigenvalue weighted by Crippen LogP contribution is 2.31. The van der Waals surface area contributed by atoms with Crippen molar-refractivity contribution in [1.82, 2.24) is 0 Å². The Balaban J connectivity index is 1.47. The fourth-order valence-corrected chi connectivity index (χ4v) is 5.66. The maximum atomic E-state index is 12.8. The molecule has 6 nitrogen and oxygen atoms in total. The zero-order valence-corrected chi connectivity index (χ0v) is 19.7. The fraction of sp³-hybridized carbons (Fsp3) is 0.217. The number of carbonyl (C=O) groups excluding carboxylic acids is 2. The van der Waals surface area contributed by atoms with Crippen LogP contribution in [0.25, 0.3) is 0 Å². The number of benzene rings is 2. The summed E-state index contributed by atoms with van der Waals surface area (Å²) in [5, 5.41) is 7.71. The van der Waals surface area contributed by atoms with Crippen LogP contribution in [0.2, 0.25) is 5.02 Å². The van der Waals surface area contributed by atoms with Crippen molar-refractivity contribution in [3.05, 3.63) is 74.4 Å². The van der Waals surface area contributed by atoms with Crippen molar-refractivity contribution in [2.24, 2.45) is 0 Å². The molecule has 32 heavy (non-hydrogen) atoms. The van der Waals surface area contributed by atoms with Gasteiger partial charge in [-0.1, -0.05) is 17.7 Å². The second kappa shape index (κ2) is 9.05. The minimum Gasteiger partial charge on any atom is -0.322 e. The number of rotatable bonds is 5. The van der Waals surface area contributed by atoms with E-state index in [9.17, 15) is 18.0 Å². The molecular formula is C23H21ClN2O4S2. The number of carbonyl (C=O) groups is 2. The normalized spacial score (nSPS) is 13.3. The van der Waals surface area contributed by atoms with Gasteiger partial charge in [0.25, 0.3) is 11.8 Å². The molecule has 1 heterocycles. The van der Waals surface area contributed by atoms with Gasteiger partial charge in [0.2, 0.25) is 0 Å². The summed E-state index contributed by atoms with van der Waals surface area (Å²) < 4.78 is 23.4. The first kappa shape index (κ1) is 22.5. The molecule has 4 rings (SSSR count). The van der Waals surface area contributed by atoms with Crippen LogP contribution >= 0.6 is 22.9 Å². The minimum atomic E-state index is -3.43. The summed E-state index contributed by atoms with van der Waals surface area (Å²) >= 11 is 7.96. The molecule has 0 aliphatic heterocycles. The summed E-state index contributed by atoms with van der Waals surface area (Å²) in [7, 11) is -3.43. The van der Waals surface area contributed by atoms with Gasteiger partial charge in [-0.3, -0.25) is 9.59 Å². The molecule has 3 aromatic rings. The lowest BCUT2D eigenvalue weighted by atomic mass is 9.95. The maximum absolute atomic E-state index is 12.8. The average Bonchev–Trinajstić information content (AvgIpc) is 3.19. The number of amides is 2. The largest absolute Gasteiger partial charge is 0.322 e. The van der Waals surface area contributed by atoms with Crippen LogP contribution in [-0.2, 0) is 22.7 Å². The molecule has 2 amide bonds. The Bertz CT molecular complexity index is 1320. The Labute approximate surface area is 195 Å². The van der Waals surface area contributed by atoms with Crippen LogP contribution in [0.4, 0.5) is 11.4 Å². The Hall–Kier alpha value is -2.68. The van der Waals surface area contributed by atoms with Crippen LogP contribution < -0.4 is 10.6 Å². The minimum absolute atomic E-state index is 0.0601. The number of sulfone groups is 1. The molecular weight excluding hydrogens is 468 g/mol. The Morgan fingerprint density at radius 1 is 1.00 bits per heavy atom. The first-order chi connectivity index (χ1) is 15.2. The smallest absolute Gasteiger partial charge is 0.256 e. The predicted octanol–water partition coefficient (Wildman–Crippen LogP) is 5.19. The monoisotopic (exact) mass is 488 g/mol. The molecule has 1 aliphatic carbocycles. The quantitative estimate of drug-likeness (QED) is 0.517. The average molecular weight is 489 g/mol. The molecule has 0 spiro atoms. The number of aryl methyl sites for hydroxylation is 1.